The topological polar surface area (TPSA) is 29.1 Å². The van der Waals surface area contributed by atoms with Gasteiger partial charge in [-0.25, -0.2) is 0 Å². The summed E-state index contributed by atoms with van der Waals surface area (Å²) in [4.78, 5) is 12.2. The Kier molecular flexibility index (Phi) is 14.0. The van der Waals surface area contributed by atoms with Crippen LogP contribution in [-0.2, 0) is 17.8 Å². The van der Waals surface area contributed by atoms with Crippen LogP contribution < -0.4 is 5.32 Å². The number of nitrogens with one attached hydrogen (secondary N) is 1. The highest BCUT2D eigenvalue weighted by Gasteiger charge is 2.04. The predicted molar refractivity (Wildman–Crippen MR) is 184 cm³/mol. The van der Waals surface area contributed by atoms with Crippen molar-refractivity contribution in [3.05, 3.63) is 174 Å². The number of hydrogen-bond donors (Lipinski definition) is 1. The molecule has 1 N–H and O–H groups in total. The Bertz CT molecular complexity index is 1410. The minimum Gasteiger partial charge on any atom is -0.381 e. The maximum atomic E-state index is 12.2. The summed E-state index contributed by atoms with van der Waals surface area (Å²) in [5, 5.41) is 3.52. The summed E-state index contributed by atoms with van der Waals surface area (Å²) in [6.45, 7) is 23.2. The van der Waals surface area contributed by atoms with Crippen molar-refractivity contribution in [2.24, 2.45) is 5.41 Å². The molecule has 42 heavy (non-hydrogen) atoms. The van der Waals surface area contributed by atoms with Gasteiger partial charge in [0.2, 0.25) is 0 Å². The lowest BCUT2D eigenvalue weighted by Crippen LogP contribution is -2.11. The molecule has 0 saturated carbocycles. The molecule has 0 bridgehead atoms. The van der Waals surface area contributed by atoms with E-state index in [1.165, 1.54) is 22.3 Å². The molecule has 0 heterocycles. The molecule has 0 fully saturated rings. The summed E-state index contributed by atoms with van der Waals surface area (Å²) in [5.74, 6) is -0.0555. The van der Waals surface area contributed by atoms with Crippen LogP contribution in [0.2, 0.25) is 0 Å². The highest BCUT2D eigenvalue weighted by atomic mass is 16.1. The van der Waals surface area contributed by atoms with Crippen molar-refractivity contribution in [3.63, 3.8) is 0 Å². The average Bonchev–Trinajstić information content (AvgIpc) is 2.97. The Hall–Kier alpha value is -4.43. The number of ketones is 1. The molecule has 0 unspecified atom stereocenters. The molecule has 0 aliphatic carbocycles. The van der Waals surface area contributed by atoms with Crippen LogP contribution >= 0.6 is 0 Å². The molecule has 0 amide bonds. The minimum absolute atomic E-state index is 0.0363. The summed E-state index contributed by atoms with van der Waals surface area (Å²) in [6.07, 6.45) is 22.5. The van der Waals surface area contributed by atoms with E-state index in [1.54, 1.807) is 30.4 Å². The van der Waals surface area contributed by atoms with Crippen LogP contribution in [0.25, 0.3) is 6.08 Å². The van der Waals surface area contributed by atoms with E-state index in [4.69, 9.17) is 0 Å². The number of benzene rings is 2. The van der Waals surface area contributed by atoms with Crippen LogP contribution in [0.4, 0.5) is 0 Å². The molecule has 2 rings (SSSR count). The predicted octanol–water partition coefficient (Wildman–Crippen LogP) is 10.1. The highest BCUT2D eigenvalue weighted by molar-refractivity contribution is 5.99. The normalized spacial score (nSPS) is 13.2. The minimum atomic E-state index is -0.0555. The molecule has 0 saturated heterocycles. The van der Waals surface area contributed by atoms with E-state index in [1.807, 2.05) is 25.2 Å². The van der Waals surface area contributed by atoms with Crippen LogP contribution in [0, 0.1) is 12.3 Å². The first kappa shape index (κ1) is 33.8. The largest absolute Gasteiger partial charge is 0.381 e. The molecule has 2 nitrogen and oxygen atoms in total. The van der Waals surface area contributed by atoms with Crippen molar-refractivity contribution >= 4 is 11.9 Å². The summed E-state index contributed by atoms with van der Waals surface area (Å²) < 4.78 is 0. The van der Waals surface area contributed by atoms with E-state index in [9.17, 15) is 4.79 Å². The lowest BCUT2D eigenvalue weighted by atomic mass is 9.96. The summed E-state index contributed by atoms with van der Waals surface area (Å²) in [5.41, 5.74) is 8.81. The van der Waals surface area contributed by atoms with Crippen molar-refractivity contribution in [1.82, 2.24) is 5.32 Å². The Morgan fingerprint density at radius 1 is 0.833 bits per heavy atom. The van der Waals surface area contributed by atoms with Gasteiger partial charge in [0, 0.05) is 12.2 Å². The van der Waals surface area contributed by atoms with Gasteiger partial charge in [0.15, 0.2) is 5.78 Å². The van der Waals surface area contributed by atoms with Crippen molar-refractivity contribution in [2.75, 3.05) is 0 Å². The monoisotopic (exact) mass is 557 g/mol. The molecule has 0 radical (unpaired) electrons. The average molecular weight is 558 g/mol. The van der Waals surface area contributed by atoms with Crippen molar-refractivity contribution in [2.45, 2.75) is 54.0 Å². The van der Waals surface area contributed by atoms with Crippen LogP contribution in [0.15, 0.2) is 151 Å². The van der Waals surface area contributed by atoms with Gasteiger partial charge in [-0.2, -0.15) is 0 Å². The molecule has 0 atom stereocenters. The molecular weight excluding hydrogens is 510 g/mol. The van der Waals surface area contributed by atoms with Crippen LogP contribution in [0.1, 0.15) is 56.4 Å². The zero-order chi connectivity index (χ0) is 31.0. The van der Waals surface area contributed by atoms with E-state index in [2.05, 4.69) is 120 Å². The van der Waals surface area contributed by atoms with Gasteiger partial charge in [0.05, 0.1) is 0 Å². The quantitative estimate of drug-likeness (QED) is 0.174. The zero-order valence-electron chi connectivity index (χ0n) is 26.1. The van der Waals surface area contributed by atoms with Gasteiger partial charge in [-0.3, -0.25) is 4.79 Å². The van der Waals surface area contributed by atoms with Gasteiger partial charge in [-0.05, 0) is 83.7 Å². The summed E-state index contributed by atoms with van der Waals surface area (Å²) in [6, 6.07) is 17.1. The first-order chi connectivity index (χ1) is 20.0. The fraction of sp³-hybridized carbons (Fsp3) is 0.225. The Morgan fingerprint density at radius 2 is 1.45 bits per heavy atom. The van der Waals surface area contributed by atoms with Crippen molar-refractivity contribution in [3.8, 4) is 0 Å². The highest BCUT2D eigenvalue weighted by Crippen LogP contribution is 2.17. The van der Waals surface area contributed by atoms with Gasteiger partial charge in [-0.1, -0.05) is 143 Å². The van der Waals surface area contributed by atoms with Gasteiger partial charge >= 0.3 is 0 Å². The van der Waals surface area contributed by atoms with E-state index in [0.717, 1.165) is 41.8 Å². The maximum absolute atomic E-state index is 12.2. The Labute approximate surface area is 254 Å². The number of hydrogen-bond acceptors (Lipinski definition) is 2. The van der Waals surface area contributed by atoms with Crippen LogP contribution in [0.3, 0.4) is 0 Å². The third kappa shape index (κ3) is 12.8. The first-order valence-electron chi connectivity index (χ1n) is 14.5. The molecule has 0 aromatic heterocycles. The van der Waals surface area contributed by atoms with E-state index in [-0.39, 0.29) is 11.2 Å². The standard InChI is InChI=1S/C40H47NO/c1-9-35(36(10-2)25-27-39(42)28-29-40(6,7)8)23-17-31(4)16-18-33-19-21-34(22-20-33)30-41-38(11-3)26-24-37-15-13-12-14-32(37)5/h9-15,17,19-29,41H,1-2,4,16,18,30H2,3,5-8H3/b23-17+,26-24+,27-25-,29-28-,36-35-,38-11-. The molecular formula is C40H47NO. The molecule has 2 heteroatoms. The van der Waals surface area contributed by atoms with Gasteiger partial charge in [-0.15, -0.1) is 0 Å². The number of aryl methyl sites for hydroxylation is 2. The molecule has 2 aromatic carbocycles. The second kappa shape index (κ2) is 17.4. The fourth-order valence-corrected chi connectivity index (χ4v) is 3.96. The number of rotatable bonds is 15. The molecule has 0 aliphatic heterocycles. The lowest BCUT2D eigenvalue weighted by molar-refractivity contribution is -0.110. The third-order valence-electron chi connectivity index (χ3n) is 6.64. The van der Waals surface area contributed by atoms with Gasteiger partial charge in [0.1, 0.15) is 0 Å². The fourth-order valence-electron chi connectivity index (χ4n) is 3.96. The Balaban J connectivity index is 1.91. The van der Waals surface area contributed by atoms with Gasteiger partial charge < -0.3 is 5.32 Å². The zero-order valence-corrected chi connectivity index (χ0v) is 26.1. The van der Waals surface area contributed by atoms with Gasteiger partial charge in [0.25, 0.3) is 0 Å². The van der Waals surface area contributed by atoms with Crippen LogP contribution in [0.5, 0.6) is 0 Å². The van der Waals surface area contributed by atoms with Crippen molar-refractivity contribution < 1.29 is 4.79 Å². The second-order valence-electron chi connectivity index (χ2n) is 11.3. The second-order valence-corrected chi connectivity index (χ2v) is 11.3. The summed E-state index contributed by atoms with van der Waals surface area (Å²) >= 11 is 0. The molecule has 0 spiro atoms. The smallest absolute Gasteiger partial charge is 0.178 e. The third-order valence-corrected chi connectivity index (χ3v) is 6.64. The van der Waals surface area contributed by atoms with Crippen LogP contribution in [-0.4, -0.2) is 5.78 Å². The first-order valence-corrected chi connectivity index (χ1v) is 14.5. The number of allylic oxidation sites excluding steroid dienone is 13. The maximum Gasteiger partial charge on any atom is 0.178 e. The van der Waals surface area contributed by atoms with E-state index < -0.39 is 0 Å². The van der Waals surface area contributed by atoms with Crippen molar-refractivity contribution in [1.29, 1.82) is 0 Å². The SMILES string of the molecule is C=CC(/C=C\C(=O)/C=C\C(C)(C)C)=C(C=C)/C=C/C(=C)CCc1ccc(CNC(=C\C)/C=C/c2ccccc2C)cc1. The molecule has 218 valence electrons. The Morgan fingerprint density at radius 3 is 2.05 bits per heavy atom. The molecule has 0 aliphatic rings. The van der Waals surface area contributed by atoms with E-state index >= 15 is 0 Å². The molecule has 2 aromatic rings. The van der Waals surface area contributed by atoms with E-state index in [0.29, 0.717) is 0 Å². The number of carbonyl (C=O) groups is 1. The summed E-state index contributed by atoms with van der Waals surface area (Å²) in [7, 11) is 0. The lowest BCUT2D eigenvalue weighted by Gasteiger charge is -2.10. The number of carbonyl (C=O) groups excluding carboxylic acids is 1.